The zero-order valence-electron chi connectivity index (χ0n) is 24.5. The predicted molar refractivity (Wildman–Crippen MR) is 164 cm³/mol. The van der Waals surface area contributed by atoms with Crippen LogP contribution in [-0.2, 0) is 22.5 Å². The van der Waals surface area contributed by atoms with Crippen LogP contribution < -0.4 is 26.4 Å². The molecule has 0 unspecified atom stereocenters. The molecule has 2 fully saturated rings. The number of hydrogen-bond donors (Lipinski definition) is 2. The van der Waals surface area contributed by atoms with Crippen molar-refractivity contribution in [2.45, 2.75) is 31.5 Å². The van der Waals surface area contributed by atoms with Crippen LogP contribution in [0.5, 0.6) is 5.75 Å². The second kappa shape index (κ2) is 10.8. The van der Waals surface area contributed by atoms with E-state index >= 15 is 0 Å². The normalized spacial score (nSPS) is 16.9. The summed E-state index contributed by atoms with van der Waals surface area (Å²) in [6.07, 6.45) is 3.26. The summed E-state index contributed by atoms with van der Waals surface area (Å²) in [5.41, 5.74) is 9.36. The van der Waals surface area contributed by atoms with Crippen molar-refractivity contribution in [3.05, 3.63) is 70.5 Å². The minimum Gasteiger partial charge on any atom is -0.494 e. The SMILES string of the molecule is C=C(C(N)=O)c1cc(Nc2nccc(-n3c(=O)n4c5c(cc(F)cc53)CCC4)n2)c(OC)cc1N1CC(N2CC(OC)C2)C1. The van der Waals surface area contributed by atoms with Crippen molar-refractivity contribution in [1.82, 2.24) is 24.0 Å². The number of carbonyl (C=O) groups excluding carboxylic acids is 1. The third-order valence-electron chi connectivity index (χ3n) is 8.88. The zero-order chi connectivity index (χ0) is 30.7. The maximum Gasteiger partial charge on any atom is 0.334 e. The molecular formula is C31H33FN8O4. The van der Waals surface area contributed by atoms with Crippen molar-refractivity contribution in [1.29, 1.82) is 0 Å². The van der Waals surface area contributed by atoms with Crippen LogP contribution in [0.4, 0.5) is 21.7 Å². The van der Waals surface area contributed by atoms with Gasteiger partial charge >= 0.3 is 5.69 Å². The molecule has 44 heavy (non-hydrogen) atoms. The summed E-state index contributed by atoms with van der Waals surface area (Å²) < 4.78 is 28.8. The summed E-state index contributed by atoms with van der Waals surface area (Å²) in [5, 5.41) is 3.17. The first-order chi connectivity index (χ1) is 21.2. The Labute approximate surface area is 252 Å². The number of nitrogens with one attached hydrogen (secondary N) is 1. The number of likely N-dealkylation sites (tertiary alicyclic amines) is 1. The lowest BCUT2D eigenvalue weighted by Crippen LogP contribution is -2.67. The summed E-state index contributed by atoms with van der Waals surface area (Å²) in [7, 11) is 3.28. The van der Waals surface area contributed by atoms with Crippen LogP contribution in [0, 0.1) is 5.82 Å². The molecule has 2 aromatic carbocycles. The zero-order valence-corrected chi connectivity index (χ0v) is 24.5. The van der Waals surface area contributed by atoms with Crippen molar-refractivity contribution >= 4 is 39.8 Å². The van der Waals surface area contributed by atoms with Crippen molar-refractivity contribution in [3.8, 4) is 11.6 Å². The number of nitrogens with zero attached hydrogens (tertiary/aromatic N) is 6. The highest BCUT2D eigenvalue weighted by molar-refractivity contribution is 6.19. The minimum absolute atomic E-state index is 0.162. The maximum atomic E-state index is 14.6. The Kier molecular flexibility index (Phi) is 6.85. The third-order valence-corrected chi connectivity index (χ3v) is 8.88. The van der Waals surface area contributed by atoms with E-state index in [4.69, 9.17) is 15.2 Å². The molecule has 3 N–H and O–H groups in total. The molecule has 7 rings (SSSR count). The molecule has 3 aliphatic rings. The fraction of sp³-hybridized carbons (Fsp3) is 0.355. The lowest BCUT2D eigenvalue weighted by Gasteiger charge is -2.52. The second-order valence-corrected chi connectivity index (χ2v) is 11.5. The summed E-state index contributed by atoms with van der Waals surface area (Å²) in [5.74, 6) is -0.0768. The highest BCUT2D eigenvalue weighted by Gasteiger charge is 2.40. The van der Waals surface area contributed by atoms with E-state index in [2.05, 4.69) is 31.7 Å². The van der Waals surface area contributed by atoms with E-state index in [9.17, 15) is 14.0 Å². The van der Waals surface area contributed by atoms with Gasteiger partial charge < -0.3 is 25.4 Å². The van der Waals surface area contributed by atoms with Crippen molar-refractivity contribution in [2.24, 2.45) is 5.73 Å². The molecule has 0 saturated carbocycles. The lowest BCUT2D eigenvalue weighted by molar-refractivity contribution is -0.112. The van der Waals surface area contributed by atoms with Crippen LogP contribution in [0.15, 0.2) is 47.9 Å². The molecule has 0 atom stereocenters. The van der Waals surface area contributed by atoms with E-state index in [0.29, 0.717) is 47.3 Å². The number of primary amides is 1. The standard InChI is InChI=1S/C31H33FN8O4/c1-17(29(33)41)22-11-23(26(44-3)12-24(22)38-13-20(14-38)37-15-21(16-37)43-2)35-30-34-7-6-27(36-30)40-25-10-19(32)9-18-5-4-8-39(28(18)25)31(40)42/h6-7,9-12,20-21H,1,4-5,8,13-16H2,2-3H3,(H2,33,41)(H,34,35,36). The number of amides is 1. The molecule has 5 heterocycles. The van der Waals surface area contributed by atoms with Crippen molar-refractivity contribution in [2.75, 3.05) is 50.6 Å². The van der Waals surface area contributed by atoms with Gasteiger partial charge in [-0.1, -0.05) is 6.58 Å². The van der Waals surface area contributed by atoms with Gasteiger partial charge in [0.15, 0.2) is 0 Å². The van der Waals surface area contributed by atoms with Gasteiger partial charge in [0.05, 0.1) is 29.9 Å². The molecule has 4 aromatic rings. The number of imidazole rings is 1. The number of benzene rings is 2. The van der Waals surface area contributed by atoms with Gasteiger partial charge in [-0.15, -0.1) is 0 Å². The second-order valence-electron chi connectivity index (χ2n) is 11.5. The van der Waals surface area contributed by atoms with Gasteiger partial charge in [-0.3, -0.25) is 14.3 Å². The fourth-order valence-corrected chi connectivity index (χ4v) is 6.41. The van der Waals surface area contributed by atoms with Crippen molar-refractivity contribution < 1.29 is 18.7 Å². The monoisotopic (exact) mass is 600 g/mol. The average molecular weight is 601 g/mol. The molecule has 2 saturated heterocycles. The highest BCUT2D eigenvalue weighted by Crippen LogP contribution is 2.40. The van der Waals surface area contributed by atoms with Crippen LogP contribution in [0.3, 0.4) is 0 Å². The first-order valence-electron chi connectivity index (χ1n) is 14.5. The number of aromatic nitrogens is 4. The van der Waals surface area contributed by atoms with Crippen LogP contribution in [0.2, 0.25) is 0 Å². The number of carbonyl (C=O) groups is 1. The van der Waals surface area contributed by atoms with E-state index in [1.54, 1.807) is 30.9 Å². The first-order valence-corrected chi connectivity index (χ1v) is 14.5. The highest BCUT2D eigenvalue weighted by atomic mass is 19.1. The number of ether oxygens (including phenoxy) is 2. The molecule has 3 aliphatic heterocycles. The largest absolute Gasteiger partial charge is 0.494 e. The Morgan fingerprint density at radius 2 is 1.95 bits per heavy atom. The molecule has 12 nitrogen and oxygen atoms in total. The van der Waals surface area contributed by atoms with E-state index in [1.165, 1.54) is 22.9 Å². The molecular weight excluding hydrogens is 567 g/mol. The van der Waals surface area contributed by atoms with Gasteiger partial charge in [-0.2, -0.15) is 4.98 Å². The van der Waals surface area contributed by atoms with Gasteiger partial charge in [0, 0.05) is 87.1 Å². The Balaban J connectivity index is 1.22. The Bertz CT molecular complexity index is 1870. The van der Waals surface area contributed by atoms with Gasteiger partial charge in [-0.25, -0.2) is 18.7 Å². The molecule has 228 valence electrons. The van der Waals surface area contributed by atoms with Crippen LogP contribution in [0.1, 0.15) is 17.5 Å². The maximum absolute atomic E-state index is 14.6. The summed E-state index contributed by atoms with van der Waals surface area (Å²) in [6, 6.07) is 8.44. The third kappa shape index (κ3) is 4.59. The van der Waals surface area contributed by atoms with Crippen LogP contribution in [0.25, 0.3) is 22.4 Å². The molecule has 0 aliphatic carbocycles. The molecule has 0 radical (unpaired) electrons. The number of nitrogens with two attached hydrogens (primary N) is 1. The number of anilines is 3. The lowest BCUT2D eigenvalue weighted by atomic mass is 9.96. The van der Waals surface area contributed by atoms with Crippen LogP contribution in [-0.4, -0.2) is 82.5 Å². The quantitative estimate of drug-likeness (QED) is 0.278. The Hall–Kier alpha value is -4.75. The smallest absolute Gasteiger partial charge is 0.334 e. The number of rotatable bonds is 9. The molecule has 2 aromatic heterocycles. The van der Waals surface area contributed by atoms with E-state index in [0.717, 1.165) is 49.4 Å². The summed E-state index contributed by atoms with van der Waals surface area (Å²) >= 11 is 0. The van der Waals surface area contributed by atoms with E-state index < -0.39 is 11.7 Å². The van der Waals surface area contributed by atoms with Gasteiger partial charge in [0.25, 0.3) is 0 Å². The van der Waals surface area contributed by atoms with Crippen LogP contribution >= 0.6 is 0 Å². The van der Waals surface area contributed by atoms with Gasteiger partial charge in [0.1, 0.15) is 17.4 Å². The van der Waals surface area contributed by atoms with Gasteiger partial charge in [-0.05, 0) is 30.5 Å². The predicted octanol–water partition coefficient (Wildman–Crippen LogP) is 2.44. The Morgan fingerprint density at radius 1 is 1.16 bits per heavy atom. The molecule has 13 heteroatoms. The average Bonchev–Trinajstić information content (AvgIpc) is 3.25. The molecule has 0 spiro atoms. The number of halogens is 1. The molecule has 0 bridgehead atoms. The van der Waals surface area contributed by atoms with Crippen molar-refractivity contribution in [3.63, 3.8) is 0 Å². The molecule has 1 amide bonds. The van der Waals surface area contributed by atoms with E-state index in [-0.39, 0.29) is 23.3 Å². The minimum atomic E-state index is -0.636. The van der Waals surface area contributed by atoms with E-state index in [1.807, 2.05) is 6.07 Å². The summed E-state index contributed by atoms with van der Waals surface area (Å²) in [6.45, 7) is 7.88. The number of aryl methyl sites for hydroxylation is 2. The summed E-state index contributed by atoms with van der Waals surface area (Å²) in [4.78, 5) is 39.2. The first kappa shape index (κ1) is 28.0. The van der Waals surface area contributed by atoms with Gasteiger partial charge in [0.2, 0.25) is 11.9 Å². The topological polar surface area (TPSA) is 133 Å². The fourth-order valence-electron chi connectivity index (χ4n) is 6.41. The Morgan fingerprint density at radius 3 is 2.68 bits per heavy atom. The number of hydrogen-bond acceptors (Lipinski definition) is 9. The number of methoxy groups -OCH3 is 2.